The number of ether oxygens (including phenoxy) is 1. The zero-order chi connectivity index (χ0) is 14.8. The van der Waals surface area contributed by atoms with Crippen LogP contribution in [0.1, 0.15) is 23.2 Å². The van der Waals surface area contributed by atoms with Gasteiger partial charge < -0.3 is 14.6 Å². The maximum absolute atomic E-state index is 11.8. The van der Waals surface area contributed by atoms with Crippen LogP contribution in [0.5, 0.6) is 0 Å². The van der Waals surface area contributed by atoms with Crippen molar-refractivity contribution in [2.75, 3.05) is 11.9 Å². The van der Waals surface area contributed by atoms with Crippen LogP contribution < -0.4 is 5.32 Å². The van der Waals surface area contributed by atoms with Crippen molar-refractivity contribution in [3.05, 3.63) is 28.4 Å². The van der Waals surface area contributed by atoms with E-state index in [1.54, 1.807) is 19.9 Å². The van der Waals surface area contributed by atoms with Crippen molar-refractivity contribution in [2.24, 2.45) is 0 Å². The van der Waals surface area contributed by atoms with Crippen LogP contribution >= 0.6 is 11.3 Å². The van der Waals surface area contributed by atoms with Gasteiger partial charge >= 0.3 is 0 Å². The average molecular weight is 305 g/mol. The normalized spacial score (nSPS) is 14.4. The first kappa shape index (κ1) is 14.0. The molecule has 110 valence electrons. The fourth-order valence-corrected chi connectivity index (χ4v) is 3.43. The zero-order valence-electron chi connectivity index (χ0n) is 11.8. The summed E-state index contributed by atoms with van der Waals surface area (Å²) >= 11 is 1.50. The topological polar surface area (TPSA) is 77.3 Å². The molecule has 2 aromatic heterocycles. The van der Waals surface area contributed by atoms with Gasteiger partial charge in [-0.2, -0.15) is 4.98 Å². The van der Waals surface area contributed by atoms with Crippen molar-refractivity contribution >= 4 is 22.2 Å². The number of carbonyl (C=O) groups excluding carboxylic acids is 1. The Morgan fingerprint density at radius 1 is 1.48 bits per heavy atom. The zero-order valence-corrected chi connectivity index (χ0v) is 12.6. The van der Waals surface area contributed by atoms with E-state index in [0.29, 0.717) is 24.9 Å². The van der Waals surface area contributed by atoms with Crippen molar-refractivity contribution in [3.63, 3.8) is 0 Å². The number of rotatable bonds is 3. The molecule has 7 heteroatoms. The van der Waals surface area contributed by atoms with Gasteiger partial charge in [-0.1, -0.05) is 11.2 Å². The number of hydrogen-bond acceptors (Lipinski definition) is 6. The van der Waals surface area contributed by atoms with Crippen LogP contribution in [0.25, 0.3) is 11.5 Å². The van der Waals surface area contributed by atoms with Gasteiger partial charge in [-0.25, -0.2) is 0 Å². The van der Waals surface area contributed by atoms with E-state index in [9.17, 15) is 4.79 Å². The van der Waals surface area contributed by atoms with Crippen LogP contribution in [-0.2, 0) is 22.6 Å². The monoisotopic (exact) mass is 305 g/mol. The molecule has 0 saturated carbocycles. The molecule has 1 N–H and O–H groups in total. The summed E-state index contributed by atoms with van der Waals surface area (Å²) in [5.41, 5.74) is 1.96. The summed E-state index contributed by atoms with van der Waals surface area (Å²) in [7, 11) is 0. The number of thiophene rings is 1. The first-order valence-corrected chi connectivity index (χ1v) is 7.47. The summed E-state index contributed by atoms with van der Waals surface area (Å²) < 4.78 is 10.8. The van der Waals surface area contributed by atoms with E-state index in [1.165, 1.54) is 17.4 Å². The molecule has 0 atom stereocenters. The van der Waals surface area contributed by atoms with Gasteiger partial charge in [0.15, 0.2) is 5.82 Å². The summed E-state index contributed by atoms with van der Waals surface area (Å²) in [5.74, 6) is 0.847. The number of amides is 1. The van der Waals surface area contributed by atoms with Gasteiger partial charge in [0.25, 0.3) is 5.89 Å². The maximum Gasteiger partial charge on any atom is 0.261 e. The van der Waals surface area contributed by atoms with Crippen LogP contribution in [0.15, 0.2) is 16.7 Å². The molecule has 0 radical (unpaired) electrons. The predicted molar refractivity (Wildman–Crippen MR) is 79.2 cm³/mol. The first-order chi connectivity index (χ1) is 10.2. The lowest BCUT2D eigenvalue weighted by atomic mass is 10.1. The molecule has 0 aromatic carbocycles. The van der Waals surface area contributed by atoms with Crippen LogP contribution in [0, 0.1) is 6.92 Å². The molecule has 0 aliphatic carbocycles. The number of anilines is 1. The summed E-state index contributed by atoms with van der Waals surface area (Å²) in [6.45, 7) is 4.79. The molecule has 6 nitrogen and oxygen atoms in total. The minimum atomic E-state index is -0.172. The lowest BCUT2D eigenvalue weighted by molar-refractivity contribution is -0.111. The van der Waals surface area contributed by atoms with Crippen molar-refractivity contribution < 1.29 is 14.1 Å². The fourth-order valence-electron chi connectivity index (χ4n) is 2.25. The van der Waals surface area contributed by atoms with Gasteiger partial charge in [0.2, 0.25) is 5.91 Å². The molecule has 3 heterocycles. The number of allylic oxidation sites excluding steroid dienone is 1. The second-order valence-electron chi connectivity index (χ2n) is 4.65. The van der Waals surface area contributed by atoms with Gasteiger partial charge in [-0.15, -0.1) is 11.3 Å². The van der Waals surface area contributed by atoms with Crippen LogP contribution in [0.2, 0.25) is 0 Å². The van der Waals surface area contributed by atoms with E-state index in [4.69, 9.17) is 9.26 Å². The van der Waals surface area contributed by atoms with E-state index >= 15 is 0 Å². The number of aromatic nitrogens is 2. The molecule has 3 rings (SSSR count). The summed E-state index contributed by atoms with van der Waals surface area (Å²) in [5, 5.41) is 7.46. The van der Waals surface area contributed by atoms with E-state index in [-0.39, 0.29) is 5.91 Å². The molecule has 1 aliphatic rings. The molecule has 1 aliphatic heterocycles. The van der Waals surface area contributed by atoms with Crippen molar-refractivity contribution in [3.8, 4) is 11.5 Å². The van der Waals surface area contributed by atoms with Crippen LogP contribution in [-0.4, -0.2) is 22.7 Å². The predicted octanol–water partition coefficient (Wildman–Crippen LogP) is 2.69. The Labute approximate surface area is 125 Å². The smallest absolute Gasteiger partial charge is 0.261 e. The van der Waals surface area contributed by atoms with E-state index in [2.05, 4.69) is 15.5 Å². The fraction of sp³-hybridized carbons (Fsp3) is 0.357. The summed E-state index contributed by atoms with van der Waals surface area (Å²) in [6.07, 6.45) is 3.96. The van der Waals surface area contributed by atoms with Crippen LogP contribution in [0.4, 0.5) is 5.00 Å². The Hall–Kier alpha value is -1.99. The molecule has 1 amide bonds. The van der Waals surface area contributed by atoms with Crippen LogP contribution in [0.3, 0.4) is 0 Å². The van der Waals surface area contributed by atoms with E-state index < -0.39 is 0 Å². The summed E-state index contributed by atoms with van der Waals surface area (Å²) in [6, 6.07) is 0. The second-order valence-corrected chi connectivity index (χ2v) is 5.75. The number of nitrogens with zero attached hydrogens (tertiary/aromatic N) is 2. The highest BCUT2D eigenvalue weighted by Gasteiger charge is 2.26. The molecule has 0 bridgehead atoms. The second kappa shape index (κ2) is 5.79. The Kier molecular flexibility index (Phi) is 3.85. The lowest BCUT2D eigenvalue weighted by Gasteiger charge is -2.12. The van der Waals surface area contributed by atoms with Crippen molar-refractivity contribution in [1.82, 2.24) is 10.1 Å². The van der Waals surface area contributed by atoms with Gasteiger partial charge in [-0.3, -0.25) is 4.79 Å². The largest absolute Gasteiger partial charge is 0.376 e. The minimum Gasteiger partial charge on any atom is -0.376 e. The highest BCUT2D eigenvalue weighted by molar-refractivity contribution is 7.17. The quantitative estimate of drug-likeness (QED) is 0.882. The lowest BCUT2D eigenvalue weighted by Crippen LogP contribution is -2.09. The molecule has 0 saturated heterocycles. The number of aryl methyl sites for hydroxylation is 1. The van der Waals surface area contributed by atoms with Gasteiger partial charge in [0.1, 0.15) is 5.00 Å². The SMILES string of the molecule is CC=CC(=O)Nc1sc2c(c1-c1nc(C)no1)CCOC2. The number of nitrogens with one attached hydrogen (secondary N) is 1. The molecule has 0 spiro atoms. The Morgan fingerprint density at radius 2 is 2.33 bits per heavy atom. The van der Waals surface area contributed by atoms with E-state index in [0.717, 1.165) is 27.4 Å². The maximum atomic E-state index is 11.8. The number of hydrogen-bond donors (Lipinski definition) is 1. The van der Waals surface area contributed by atoms with Crippen molar-refractivity contribution in [2.45, 2.75) is 26.9 Å². The number of fused-ring (bicyclic) bond motifs is 1. The molecular weight excluding hydrogens is 290 g/mol. The Bertz CT molecular complexity index is 702. The van der Waals surface area contributed by atoms with Gasteiger partial charge in [0, 0.05) is 4.88 Å². The highest BCUT2D eigenvalue weighted by Crippen LogP contribution is 2.42. The molecular formula is C14H15N3O3S. The highest BCUT2D eigenvalue weighted by atomic mass is 32.1. The molecule has 0 fully saturated rings. The van der Waals surface area contributed by atoms with Gasteiger partial charge in [-0.05, 0) is 31.9 Å². The first-order valence-electron chi connectivity index (χ1n) is 6.65. The number of carbonyl (C=O) groups is 1. The molecule has 0 unspecified atom stereocenters. The third-order valence-corrected chi connectivity index (χ3v) is 4.24. The third-order valence-electron chi connectivity index (χ3n) is 3.12. The van der Waals surface area contributed by atoms with Crippen molar-refractivity contribution in [1.29, 1.82) is 0 Å². The molecule has 2 aromatic rings. The Balaban J connectivity index is 2.06. The standard InChI is InChI=1S/C14H15N3O3S/c1-3-4-11(18)16-14-12(13-15-8(2)17-20-13)9-5-6-19-7-10(9)21-14/h3-4H,5-7H2,1-2H3,(H,16,18). The summed E-state index contributed by atoms with van der Waals surface area (Å²) in [4.78, 5) is 17.2. The Morgan fingerprint density at radius 3 is 3.05 bits per heavy atom. The third kappa shape index (κ3) is 2.74. The molecule has 21 heavy (non-hydrogen) atoms. The van der Waals surface area contributed by atoms with Gasteiger partial charge in [0.05, 0.1) is 18.8 Å². The van der Waals surface area contributed by atoms with E-state index in [1.807, 2.05) is 0 Å². The minimum absolute atomic E-state index is 0.172. The average Bonchev–Trinajstić information content (AvgIpc) is 3.01.